The highest BCUT2D eigenvalue weighted by Crippen LogP contribution is 2.21. The lowest BCUT2D eigenvalue weighted by atomic mass is 10.1. The standard InChI is InChI=1S/C27H30N4O3/c1-20-5-3-4-6-21(20)19-26(32)31-17-15-30(16-18-31)24-11-7-22(8-12-24)28-27(33)29-23-9-13-25(34-2)14-10-23/h3-14H,15-19H2,1-2H3,(H2,28,29,33). The largest absolute Gasteiger partial charge is 0.497 e. The Kier molecular flexibility index (Phi) is 7.32. The average molecular weight is 459 g/mol. The highest BCUT2D eigenvalue weighted by Gasteiger charge is 2.21. The van der Waals surface area contributed by atoms with E-state index in [1.807, 2.05) is 60.4 Å². The molecule has 0 unspecified atom stereocenters. The van der Waals surface area contributed by atoms with Gasteiger partial charge in [-0.3, -0.25) is 4.79 Å². The van der Waals surface area contributed by atoms with Gasteiger partial charge in [-0.05, 0) is 66.6 Å². The first-order valence-electron chi connectivity index (χ1n) is 11.4. The lowest BCUT2D eigenvalue weighted by Gasteiger charge is -2.36. The van der Waals surface area contributed by atoms with E-state index in [0.717, 1.165) is 35.7 Å². The number of methoxy groups -OCH3 is 1. The van der Waals surface area contributed by atoms with Crippen LogP contribution in [0.25, 0.3) is 0 Å². The molecule has 0 bridgehead atoms. The number of carbonyl (C=O) groups is 2. The molecule has 0 atom stereocenters. The lowest BCUT2D eigenvalue weighted by Crippen LogP contribution is -2.49. The number of nitrogens with zero attached hydrogens (tertiary/aromatic N) is 2. The number of ether oxygens (including phenoxy) is 1. The summed E-state index contributed by atoms with van der Waals surface area (Å²) in [6.07, 6.45) is 0.450. The SMILES string of the molecule is COc1ccc(NC(=O)Nc2ccc(N3CCN(C(=O)Cc4ccccc4C)CC3)cc2)cc1. The van der Waals surface area contributed by atoms with Crippen molar-refractivity contribution in [1.29, 1.82) is 0 Å². The molecule has 0 saturated carbocycles. The van der Waals surface area contributed by atoms with Gasteiger partial charge < -0.3 is 25.2 Å². The number of piperazine rings is 1. The van der Waals surface area contributed by atoms with Crippen molar-refractivity contribution in [1.82, 2.24) is 4.90 Å². The third kappa shape index (κ3) is 5.86. The van der Waals surface area contributed by atoms with Gasteiger partial charge in [0.2, 0.25) is 5.91 Å². The fourth-order valence-corrected chi connectivity index (χ4v) is 4.02. The van der Waals surface area contributed by atoms with E-state index in [0.29, 0.717) is 30.9 Å². The Hall–Kier alpha value is -4.00. The highest BCUT2D eigenvalue weighted by molar-refractivity contribution is 5.99. The molecule has 34 heavy (non-hydrogen) atoms. The van der Waals surface area contributed by atoms with Crippen LogP contribution in [-0.4, -0.2) is 50.1 Å². The lowest BCUT2D eigenvalue weighted by molar-refractivity contribution is -0.130. The van der Waals surface area contributed by atoms with Crippen LogP contribution in [0.5, 0.6) is 5.75 Å². The van der Waals surface area contributed by atoms with Gasteiger partial charge in [-0.1, -0.05) is 24.3 Å². The summed E-state index contributed by atoms with van der Waals surface area (Å²) in [4.78, 5) is 29.2. The molecular weight excluding hydrogens is 428 g/mol. The summed E-state index contributed by atoms with van der Waals surface area (Å²) < 4.78 is 5.13. The van der Waals surface area contributed by atoms with Crippen LogP contribution in [-0.2, 0) is 11.2 Å². The molecular formula is C27H30N4O3. The smallest absolute Gasteiger partial charge is 0.323 e. The summed E-state index contributed by atoms with van der Waals surface area (Å²) in [6, 6.07) is 22.7. The molecule has 7 nitrogen and oxygen atoms in total. The Labute approximate surface area is 200 Å². The minimum absolute atomic E-state index is 0.177. The minimum Gasteiger partial charge on any atom is -0.497 e. The van der Waals surface area contributed by atoms with Crippen molar-refractivity contribution >= 4 is 29.0 Å². The molecule has 3 aromatic carbocycles. The van der Waals surface area contributed by atoms with E-state index in [2.05, 4.69) is 15.5 Å². The quantitative estimate of drug-likeness (QED) is 0.569. The molecule has 4 rings (SSSR count). The number of benzene rings is 3. The van der Waals surface area contributed by atoms with Crippen molar-refractivity contribution < 1.29 is 14.3 Å². The molecule has 1 saturated heterocycles. The molecule has 3 aromatic rings. The van der Waals surface area contributed by atoms with E-state index in [-0.39, 0.29) is 11.9 Å². The van der Waals surface area contributed by atoms with Crippen LogP contribution in [0.15, 0.2) is 72.8 Å². The molecule has 1 aliphatic heterocycles. The van der Waals surface area contributed by atoms with Gasteiger partial charge in [0.1, 0.15) is 5.75 Å². The monoisotopic (exact) mass is 458 g/mol. The zero-order valence-electron chi connectivity index (χ0n) is 19.6. The summed E-state index contributed by atoms with van der Waals surface area (Å²) in [7, 11) is 1.60. The second-order valence-corrected chi connectivity index (χ2v) is 8.33. The topological polar surface area (TPSA) is 73.9 Å². The minimum atomic E-state index is -0.307. The molecule has 176 valence electrons. The summed E-state index contributed by atoms with van der Waals surface area (Å²) in [5, 5.41) is 5.65. The van der Waals surface area contributed by atoms with Crippen LogP contribution in [0.1, 0.15) is 11.1 Å². The number of rotatable bonds is 6. The highest BCUT2D eigenvalue weighted by atomic mass is 16.5. The Bertz CT molecular complexity index is 1120. The number of anilines is 3. The number of amides is 3. The number of carbonyl (C=O) groups excluding carboxylic acids is 2. The van der Waals surface area contributed by atoms with Gasteiger partial charge in [0, 0.05) is 43.2 Å². The zero-order chi connectivity index (χ0) is 23.9. The second-order valence-electron chi connectivity index (χ2n) is 8.33. The third-order valence-electron chi connectivity index (χ3n) is 6.07. The van der Waals surface area contributed by atoms with Crippen molar-refractivity contribution in [3.63, 3.8) is 0 Å². The van der Waals surface area contributed by atoms with Crippen LogP contribution in [0.3, 0.4) is 0 Å². The van der Waals surface area contributed by atoms with Gasteiger partial charge in [-0.25, -0.2) is 4.79 Å². The van der Waals surface area contributed by atoms with E-state index in [4.69, 9.17) is 4.74 Å². The molecule has 3 amide bonds. The number of nitrogens with one attached hydrogen (secondary N) is 2. The molecule has 2 N–H and O–H groups in total. The molecule has 0 spiro atoms. The maximum Gasteiger partial charge on any atom is 0.323 e. The molecule has 0 aromatic heterocycles. The molecule has 0 aliphatic carbocycles. The second kappa shape index (κ2) is 10.7. The summed E-state index contributed by atoms with van der Waals surface area (Å²) in [5.41, 5.74) is 4.72. The van der Waals surface area contributed by atoms with Crippen molar-refractivity contribution in [2.75, 3.05) is 48.8 Å². The van der Waals surface area contributed by atoms with Crippen LogP contribution in [0.2, 0.25) is 0 Å². The summed E-state index contributed by atoms with van der Waals surface area (Å²) in [6.45, 7) is 5.01. The molecule has 0 radical (unpaired) electrons. The fraction of sp³-hybridized carbons (Fsp3) is 0.259. The fourth-order valence-electron chi connectivity index (χ4n) is 4.02. The van der Waals surface area contributed by atoms with E-state index in [1.54, 1.807) is 31.4 Å². The van der Waals surface area contributed by atoms with Crippen LogP contribution < -0.4 is 20.3 Å². The Morgan fingerprint density at radius 3 is 2.00 bits per heavy atom. The number of aryl methyl sites for hydroxylation is 1. The summed E-state index contributed by atoms with van der Waals surface area (Å²) >= 11 is 0. The van der Waals surface area contributed by atoms with Crippen molar-refractivity contribution in [3.05, 3.63) is 83.9 Å². The predicted octanol–water partition coefficient (Wildman–Crippen LogP) is 4.54. The van der Waals surface area contributed by atoms with Crippen molar-refractivity contribution in [3.8, 4) is 5.75 Å². The maximum absolute atomic E-state index is 12.7. The van der Waals surface area contributed by atoms with Gasteiger partial charge in [-0.15, -0.1) is 0 Å². The van der Waals surface area contributed by atoms with Gasteiger partial charge >= 0.3 is 6.03 Å². The first-order chi connectivity index (χ1) is 16.5. The maximum atomic E-state index is 12.7. The zero-order valence-corrected chi connectivity index (χ0v) is 19.6. The summed E-state index contributed by atoms with van der Waals surface area (Å²) in [5.74, 6) is 0.911. The number of hydrogen-bond acceptors (Lipinski definition) is 4. The van der Waals surface area contributed by atoms with E-state index >= 15 is 0 Å². The van der Waals surface area contributed by atoms with Crippen LogP contribution in [0, 0.1) is 6.92 Å². The Balaban J connectivity index is 1.26. The predicted molar refractivity (Wildman–Crippen MR) is 136 cm³/mol. The van der Waals surface area contributed by atoms with Crippen molar-refractivity contribution in [2.24, 2.45) is 0 Å². The van der Waals surface area contributed by atoms with Gasteiger partial charge in [0.25, 0.3) is 0 Å². The molecule has 1 heterocycles. The first-order valence-corrected chi connectivity index (χ1v) is 11.4. The Morgan fingerprint density at radius 1 is 0.824 bits per heavy atom. The third-order valence-corrected chi connectivity index (χ3v) is 6.07. The molecule has 7 heteroatoms. The Morgan fingerprint density at radius 2 is 1.41 bits per heavy atom. The van der Waals surface area contributed by atoms with Crippen LogP contribution >= 0.6 is 0 Å². The molecule has 1 aliphatic rings. The average Bonchev–Trinajstić information content (AvgIpc) is 2.86. The van der Waals surface area contributed by atoms with E-state index in [1.165, 1.54) is 0 Å². The van der Waals surface area contributed by atoms with E-state index in [9.17, 15) is 9.59 Å². The van der Waals surface area contributed by atoms with E-state index < -0.39 is 0 Å². The number of urea groups is 1. The van der Waals surface area contributed by atoms with Gasteiger partial charge in [0.15, 0.2) is 0 Å². The normalized spacial score (nSPS) is 13.4. The van der Waals surface area contributed by atoms with Gasteiger partial charge in [0.05, 0.1) is 13.5 Å². The number of hydrogen-bond donors (Lipinski definition) is 2. The molecule has 1 fully saturated rings. The van der Waals surface area contributed by atoms with Gasteiger partial charge in [-0.2, -0.15) is 0 Å². The van der Waals surface area contributed by atoms with Crippen molar-refractivity contribution in [2.45, 2.75) is 13.3 Å². The first kappa shape index (κ1) is 23.2. The van der Waals surface area contributed by atoms with Crippen LogP contribution in [0.4, 0.5) is 21.9 Å².